The average molecular weight is 376 g/mol. The summed E-state index contributed by atoms with van der Waals surface area (Å²) in [7, 11) is 0. The first-order valence-corrected chi connectivity index (χ1v) is 8.96. The van der Waals surface area contributed by atoms with Crippen LogP contribution in [0, 0.1) is 5.82 Å². The number of carbonyl (C=O) groups is 2. The first-order valence-electron chi connectivity index (χ1n) is 7.76. The predicted molar refractivity (Wildman–Crippen MR) is 98.7 cm³/mol. The van der Waals surface area contributed by atoms with Gasteiger partial charge in [-0.05, 0) is 47.5 Å². The van der Waals surface area contributed by atoms with Crippen molar-refractivity contribution >= 4 is 40.6 Å². The Balaban J connectivity index is 1.83. The van der Waals surface area contributed by atoms with Crippen molar-refractivity contribution in [2.24, 2.45) is 0 Å². The van der Waals surface area contributed by atoms with Crippen molar-refractivity contribution in [1.82, 2.24) is 4.90 Å². The third kappa shape index (κ3) is 3.78. The van der Waals surface area contributed by atoms with Crippen LogP contribution in [0.5, 0.6) is 0 Å². The van der Waals surface area contributed by atoms with Crippen LogP contribution in [0.1, 0.15) is 23.6 Å². The van der Waals surface area contributed by atoms with E-state index in [0.717, 1.165) is 28.6 Å². The molecule has 1 fully saturated rings. The second kappa shape index (κ2) is 7.42. The van der Waals surface area contributed by atoms with Crippen LogP contribution in [0.2, 0.25) is 5.02 Å². The Morgan fingerprint density at radius 2 is 1.88 bits per heavy atom. The molecule has 1 aliphatic heterocycles. The van der Waals surface area contributed by atoms with E-state index in [2.05, 4.69) is 6.92 Å². The van der Waals surface area contributed by atoms with Gasteiger partial charge in [-0.1, -0.05) is 48.9 Å². The quantitative estimate of drug-likeness (QED) is 0.682. The fraction of sp³-hybridized carbons (Fsp3) is 0.158. The molecule has 0 unspecified atom stereocenters. The van der Waals surface area contributed by atoms with Gasteiger partial charge in [-0.25, -0.2) is 4.39 Å². The molecule has 6 heteroatoms. The molecule has 3 nitrogen and oxygen atoms in total. The van der Waals surface area contributed by atoms with Crippen LogP contribution in [0.4, 0.5) is 9.18 Å². The molecule has 0 aliphatic carbocycles. The van der Waals surface area contributed by atoms with Gasteiger partial charge >= 0.3 is 0 Å². The number of rotatable bonds is 4. The van der Waals surface area contributed by atoms with Crippen LogP contribution in [0.3, 0.4) is 0 Å². The Bertz CT molecular complexity index is 844. The minimum atomic E-state index is -0.536. The van der Waals surface area contributed by atoms with Crippen molar-refractivity contribution < 1.29 is 14.0 Å². The van der Waals surface area contributed by atoms with Gasteiger partial charge in [0.15, 0.2) is 0 Å². The second-order valence-corrected chi connectivity index (χ2v) is 6.96. The van der Waals surface area contributed by atoms with Gasteiger partial charge in [-0.3, -0.25) is 14.5 Å². The molecular weight excluding hydrogens is 361 g/mol. The SMILES string of the molecule is CCc1ccc(/C=C2\SC(=O)N(Cc3c(F)cccc3Cl)C2=O)cc1. The first-order chi connectivity index (χ1) is 12.0. The van der Waals surface area contributed by atoms with Crippen LogP contribution < -0.4 is 0 Å². The van der Waals surface area contributed by atoms with Gasteiger partial charge in [0.2, 0.25) is 0 Å². The molecule has 0 N–H and O–H groups in total. The molecular formula is C19H15ClFNO2S. The molecule has 1 heterocycles. The molecule has 0 saturated carbocycles. The maximum atomic E-state index is 13.9. The minimum absolute atomic E-state index is 0.139. The van der Waals surface area contributed by atoms with Crippen molar-refractivity contribution in [1.29, 1.82) is 0 Å². The molecule has 0 bridgehead atoms. The van der Waals surface area contributed by atoms with E-state index in [1.807, 2.05) is 24.3 Å². The number of imide groups is 1. The Kier molecular flexibility index (Phi) is 5.25. The molecule has 0 atom stereocenters. The van der Waals surface area contributed by atoms with Crippen LogP contribution in [-0.2, 0) is 17.8 Å². The van der Waals surface area contributed by atoms with Crippen molar-refractivity contribution in [3.8, 4) is 0 Å². The molecule has 0 spiro atoms. The molecule has 2 aromatic rings. The summed E-state index contributed by atoms with van der Waals surface area (Å²) in [6.45, 7) is 1.89. The Labute approximate surface area is 154 Å². The number of hydrogen-bond donors (Lipinski definition) is 0. The number of benzene rings is 2. The van der Waals surface area contributed by atoms with E-state index >= 15 is 0 Å². The molecule has 128 valence electrons. The van der Waals surface area contributed by atoms with E-state index in [4.69, 9.17) is 11.6 Å². The lowest BCUT2D eigenvalue weighted by Crippen LogP contribution is -2.28. The normalized spacial score (nSPS) is 16.1. The number of aryl methyl sites for hydroxylation is 1. The minimum Gasteiger partial charge on any atom is -0.268 e. The Morgan fingerprint density at radius 3 is 2.52 bits per heavy atom. The van der Waals surface area contributed by atoms with Gasteiger partial charge in [-0.15, -0.1) is 0 Å². The lowest BCUT2D eigenvalue weighted by Gasteiger charge is -2.14. The van der Waals surface area contributed by atoms with Gasteiger partial charge in [0.05, 0.1) is 11.4 Å². The number of thioether (sulfide) groups is 1. The standard InChI is InChI=1S/C19H15ClFNO2S/c1-2-12-6-8-13(9-7-12)10-17-18(23)22(19(24)25-17)11-14-15(20)4-3-5-16(14)21/h3-10H,2,11H2,1H3/b17-10-. The van der Waals surface area contributed by atoms with Crippen molar-refractivity contribution in [2.45, 2.75) is 19.9 Å². The summed E-state index contributed by atoms with van der Waals surface area (Å²) < 4.78 is 13.9. The maximum absolute atomic E-state index is 13.9. The van der Waals surface area contributed by atoms with Crippen LogP contribution in [0.25, 0.3) is 6.08 Å². The highest BCUT2D eigenvalue weighted by molar-refractivity contribution is 8.18. The third-order valence-corrected chi connectivity index (χ3v) is 5.20. The van der Waals surface area contributed by atoms with Crippen LogP contribution in [-0.4, -0.2) is 16.0 Å². The number of amides is 2. The van der Waals surface area contributed by atoms with Gasteiger partial charge in [0, 0.05) is 10.6 Å². The Hall–Kier alpha value is -2.11. The third-order valence-electron chi connectivity index (χ3n) is 3.94. The van der Waals surface area contributed by atoms with Gasteiger partial charge in [-0.2, -0.15) is 0 Å². The summed E-state index contributed by atoms with van der Waals surface area (Å²) in [6.07, 6.45) is 2.60. The molecule has 2 amide bonds. The number of carbonyl (C=O) groups excluding carboxylic acids is 2. The van der Waals surface area contributed by atoms with E-state index in [1.54, 1.807) is 6.08 Å². The van der Waals surface area contributed by atoms with Crippen LogP contribution >= 0.6 is 23.4 Å². The number of halogens is 2. The molecule has 3 rings (SSSR count). The van der Waals surface area contributed by atoms with Crippen molar-refractivity contribution in [3.63, 3.8) is 0 Å². The van der Waals surface area contributed by atoms with E-state index in [1.165, 1.54) is 23.8 Å². The monoisotopic (exact) mass is 375 g/mol. The summed E-state index contributed by atoms with van der Waals surface area (Å²) >= 11 is 6.84. The number of hydrogen-bond acceptors (Lipinski definition) is 3. The second-order valence-electron chi connectivity index (χ2n) is 5.56. The highest BCUT2D eigenvalue weighted by atomic mass is 35.5. The summed E-state index contributed by atoms with van der Waals surface area (Å²) in [5.74, 6) is -0.973. The van der Waals surface area contributed by atoms with E-state index in [0.29, 0.717) is 4.91 Å². The van der Waals surface area contributed by atoms with Gasteiger partial charge < -0.3 is 0 Å². The van der Waals surface area contributed by atoms with Gasteiger partial charge in [0.25, 0.3) is 11.1 Å². The molecule has 0 radical (unpaired) electrons. The molecule has 1 saturated heterocycles. The fourth-order valence-electron chi connectivity index (χ4n) is 2.48. The summed E-state index contributed by atoms with van der Waals surface area (Å²) in [5, 5.41) is -0.237. The summed E-state index contributed by atoms with van der Waals surface area (Å²) in [5.41, 5.74) is 2.17. The largest absolute Gasteiger partial charge is 0.293 e. The lowest BCUT2D eigenvalue weighted by molar-refractivity contribution is -0.123. The van der Waals surface area contributed by atoms with Gasteiger partial charge in [0.1, 0.15) is 5.82 Å². The van der Waals surface area contributed by atoms with Crippen LogP contribution in [0.15, 0.2) is 47.4 Å². The average Bonchev–Trinajstić information content (AvgIpc) is 2.86. The summed E-state index contributed by atoms with van der Waals surface area (Å²) in [4.78, 5) is 26.0. The molecule has 1 aliphatic rings. The van der Waals surface area contributed by atoms with E-state index < -0.39 is 17.0 Å². The number of nitrogens with zero attached hydrogens (tertiary/aromatic N) is 1. The zero-order valence-corrected chi connectivity index (χ0v) is 15.0. The first kappa shape index (κ1) is 17.7. The zero-order chi connectivity index (χ0) is 18.0. The summed E-state index contributed by atoms with van der Waals surface area (Å²) in [6, 6.07) is 12.0. The lowest BCUT2D eigenvalue weighted by atomic mass is 10.1. The van der Waals surface area contributed by atoms with E-state index in [-0.39, 0.29) is 17.1 Å². The smallest absolute Gasteiger partial charge is 0.268 e. The van der Waals surface area contributed by atoms with E-state index in [9.17, 15) is 14.0 Å². The topological polar surface area (TPSA) is 37.4 Å². The molecule has 25 heavy (non-hydrogen) atoms. The Morgan fingerprint density at radius 1 is 1.16 bits per heavy atom. The van der Waals surface area contributed by atoms with Crippen molar-refractivity contribution in [3.05, 3.63) is 74.9 Å². The molecule has 2 aromatic carbocycles. The zero-order valence-electron chi connectivity index (χ0n) is 13.5. The highest BCUT2D eigenvalue weighted by Gasteiger charge is 2.35. The maximum Gasteiger partial charge on any atom is 0.293 e. The van der Waals surface area contributed by atoms with Crippen molar-refractivity contribution in [2.75, 3.05) is 0 Å². The predicted octanol–water partition coefficient (Wildman–Crippen LogP) is 5.28. The molecule has 0 aromatic heterocycles. The highest BCUT2D eigenvalue weighted by Crippen LogP contribution is 2.34. The fourth-order valence-corrected chi connectivity index (χ4v) is 3.54.